The van der Waals surface area contributed by atoms with Gasteiger partial charge in [0, 0.05) is 0 Å². The number of benzene rings is 1. The monoisotopic (exact) mass is 196 g/mol. The topological polar surface area (TPSA) is 35.8 Å². The summed E-state index contributed by atoms with van der Waals surface area (Å²) in [6.45, 7) is 1.41. The van der Waals surface area contributed by atoms with Crippen LogP contribution in [0.3, 0.4) is 0 Å². The minimum atomic E-state index is -2.41. The summed E-state index contributed by atoms with van der Waals surface area (Å²) in [5, 5.41) is 11.2. The van der Waals surface area contributed by atoms with Crippen LogP contribution in [-0.4, -0.2) is 13.0 Å². The molecule has 2 nitrogen and oxygen atoms in total. The lowest BCUT2D eigenvalue weighted by molar-refractivity contribution is 0.163. The van der Waals surface area contributed by atoms with Gasteiger partial charge in [-0.2, -0.15) is 5.26 Å². The number of nitrogens with one attached hydrogen (secondary N) is 1. The molecule has 0 aromatic heterocycles. The lowest BCUT2D eigenvalue weighted by Gasteiger charge is -2.07. The average molecular weight is 196 g/mol. The molecule has 0 spiro atoms. The molecule has 0 bridgehead atoms. The highest BCUT2D eigenvalue weighted by molar-refractivity contribution is 5.58. The molecule has 0 aliphatic carbocycles. The number of nitriles is 1. The fraction of sp³-hybridized carbons (Fsp3) is 0.300. The van der Waals surface area contributed by atoms with Crippen LogP contribution in [-0.2, 0) is 0 Å². The van der Waals surface area contributed by atoms with Crippen LogP contribution >= 0.6 is 0 Å². The zero-order valence-electron chi connectivity index (χ0n) is 7.72. The molecule has 0 aliphatic heterocycles. The molecule has 0 saturated heterocycles. The Bertz CT molecular complexity index is 356. The van der Waals surface area contributed by atoms with E-state index in [0.717, 1.165) is 5.56 Å². The molecule has 74 valence electrons. The Hall–Kier alpha value is -1.63. The van der Waals surface area contributed by atoms with Crippen LogP contribution < -0.4 is 5.32 Å². The molecule has 1 N–H and O–H groups in total. The average Bonchev–Trinajstić information content (AvgIpc) is 2.15. The zero-order valence-corrected chi connectivity index (χ0v) is 7.72. The Kier molecular flexibility index (Phi) is 3.41. The van der Waals surface area contributed by atoms with E-state index in [0.29, 0.717) is 11.3 Å². The molecule has 0 saturated carbocycles. The molecule has 0 aliphatic rings. The second kappa shape index (κ2) is 4.56. The van der Waals surface area contributed by atoms with E-state index in [9.17, 15) is 8.78 Å². The van der Waals surface area contributed by atoms with Crippen molar-refractivity contribution in [3.63, 3.8) is 0 Å². The van der Waals surface area contributed by atoms with Crippen LogP contribution in [0, 0.1) is 18.3 Å². The van der Waals surface area contributed by atoms with E-state index in [-0.39, 0.29) is 0 Å². The highest BCUT2D eigenvalue weighted by atomic mass is 19.3. The summed E-state index contributed by atoms with van der Waals surface area (Å²) < 4.78 is 23.8. The quantitative estimate of drug-likeness (QED) is 0.806. The fourth-order valence-corrected chi connectivity index (χ4v) is 1.09. The van der Waals surface area contributed by atoms with E-state index in [1.54, 1.807) is 18.2 Å². The van der Waals surface area contributed by atoms with Crippen molar-refractivity contribution in [2.75, 3.05) is 11.9 Å². The molecule has 0 heterocycles. The van der Waals surface area contributed by atoms with Crippen LogP contribution in [0.5, 0.6) is 0 Å². The molecule has 0 radical (unpaired) electrons. The van der Waals surface area contributed by atoms with Gasteiger partial charge in [-0.15, -0.1) is 0 Å². The van der Waals surface area contributed by atoms with Crippen LogP contribution in [0.25, 0.3) is 0 Å². The van der Waals surface area contributed by atoms with Crippen molar-refractivity contribution in [1.29, 1.82) is 5.26 Å². The number of anilines is 1. The number of aryl methyl sites for hydroxylation is 1. The van der Waals surface area contributed by atoms with Crippen molar-refractivity contribution < 1.29 is 8.78 Å². The second-order valence-electron chi connectivity index (χ2n) is 2.93. The van der Waals surface area contributed by atoms with E-state index < -0.39 is 13.0 Å². The van der Waals surface area contributed by atoms with E-state index in [1.807, 2.05) is 13.0 Å². The first-order chi connectivity index (χ1) is 6.63. The Labute approximate surface area is 81.2 Å². The third-order valence-electron chi connectivity index (χ3n) is 1.74. The number of alkyl halides is 2. The van der Waals surface area contributed by atoms with Gasteiger partial charge >= 0.3 is 0 Å². The lowest BCUT2D eigenvalue weighted by atomic mass is 10.1. The molecule has 1 aromatic rings. The molecule has 14 heavy (non-hydrogen) atoms. The fourth-order valence-electron chi connectivity index (χ4n) is 1.09. The highest BCUT2D eigenvalue weighted by Gasteiger charge is 2.05. The van der Waals surface area contributed by atoms with Gasteiger partial charge in [0.1, 0.15) is 6.07 Å². The SMILES string of the molecule is Cc1ccc(NCC(F)F)c(C#N)c1. The maximum atomic E-state index is 11.9. The van der Waals surface area contributed by atoms with Crippen LogP contribution in [0.2, 0.25) is 0 Å². The largest absolute Gasteiger partial charge is 0.378 e. The van der Waals surface area contributed by atoms with Gasteiger partial charge < -0.3 is 5.32 Å². The van der Waals surface area contributed by atoms with Gasteiger partial charge in [-0.1, -0.05) is 6.07 Å². The van der Waals surface area contributed by atoms with Crippen molar-refractivity contribution in [3.05, 3.63) is 29.3 Å². The Morgan fingerprint density at radius 2 is 2.21 bits per heavy atom. The smallest absolute Gasteiger partial charge is 0.255 e. The first-order valence-electron chi connectivity index (χ1n) is 4.16. The molecule has 1 aromatic carbocycles. The minimum Gasteiger partial charge on any atom is -0.378 e. The van der Waals surface area contributed by atoms with Crippen molar-refractivity contribution >= 4 is 5.69 Å². The van der Waals surface area contributed by atoms with Crippen LogP contribution in [0.4, 0.5) is 14.5 Å². The summed E-state index contributed by atoms with van der Waals surface area (Å²) in [5.41, 5.74) is 1.79. The number of halogens is 2. The van der Waals surface area contributed by atoms with Crippen molar-refractivity contribution in [3.8, 4) is 6.07 Å². The standard InChI is InChI=1S/C10H10F2N2/c1-7-2-3-9(8(4-7)5-13)14-6-10(11)12/h2-4,10,14H,6H2,1H3. The first kappa shape index (κ1) is 10.5. The Morgan fingerprint density at radius 3 is 2.79 bits per heavy atom. The maximum absolute atomic E-state index is 11.9. The third kappa shape index (κ3) is 2.70. The predicted octanol–water partition coefficient (Wildman–Crippen LogP) is 2.54. The molecule has 0 unspecified atom stereocenters. The molecular formula is C10H10F2N2. The van der Waals surface area contributed by atoms with Gasteiger partial charge in [0.25, 0.3) is 6.43 Å². The normalized spacial score (nSPS) is 9.93. The van der Waals surface area contributed by atoms with Crippen molar-refractivity contribution in [2.24, 2.45) is 0 Å². The molecule has 1 rings (SSSR count). The summed E-state index contributed by atoms with van der Waals surface area (Å²) in [5.74, 6) is 0. The van der Waals surface area contributed by atoms with Crippen LogP contribution in [0.15, 0.2) is 18.2 Å². The van der Waals surface area contributed by atoms with Gasteiger partial charge in [0.15, 0.2) is 0 Å². The van der Waals surface area contributed by atoms with Gasteiger partial charge in [-0.3, -0.25) is 0 Å². The number of nitrogens with zero attached hydrogens (tertiary/aromatic N) is 1. The molecule has 4 heteroatoms. The maximum Gasteiger partial charge on any atom is 0.255 e. The van der Waals surface area contributed by atoms with Gasteiger partial charge in [0.05, 0.1) is 17.8 Å². The third-order valence-corrected chi connectivity index (χ3v) is 1.74. The van der Waals surface area contributed by atoms with Gasteiger partial charge in [0.2, 0.25) is 0 Å². The zero-order chi connectivity index (χ0) is 10.6. The summed E-state index contributed by atoms with van der Waals surface area (Å²) >= 11 is 0. The lowest BCUT2D eigenvalue weighted by Crippen LogP contribution is -2.11. The number of hydrogen-bond donors (Lipinski definition) is 1. The van der Waals surface area contributed by atoms with Gasteiger partial charge in [-0.05, 0) is 24.6 Å². The molecule has 0 amide bonds. The van der Waals surface area contributed by atoms with E-state index in [4.69, 9.17) is 5.26 Å². The summed E-state index contributed by atoms with van der Waals surface area (Å²) in [7, 11) is 0. The molecule has 0 fully saturated rings. The molecule has 0 atom stereocenters. The summed E-state index contributed by atoms with van der Waals surface area (Å²) in [4.78, 5) is 0. The minimum absolute atomic E-state index is 0.394. The Balaban J connectivity index is 2.82. The number of rotatable bonds is 3. The van der Waals surface area contributed by atoms with Crippen molar-refractivity contribution in [2.45, 2.75) is 13.3 Å². The van der Waals surface area contributed by atoms with E-state index >= 15 is 0 Å². The highest BCUT2D eigenvalue weighted by Crippen LogP contribution is 2.16. The van der Waals surface area contributed by atoms with E-state index in [1.165, 1.54) is 0 Å². The molecular weight excluding hydrogens is 186 g/mol. The summed E-state index contributed by atoms with van der Waals surface area (Å²) in [6, 6.07) is 7.02. The first-order valence-corrected chi connectivity index (χ1v) is 4.16. The van der Waals surface area contributed by atoms with Crippen molar-refractivity contribution in [1.82, 2.24) is 0 Å². The van der Waals surface area contributed by atoms with Gasteiger partial charge in [-0.25, -0.2) is 8.78 Å². The summed E-state index contributed by atoms with van der Waals surface area (Å²) in [6.07, 6.45) is -2.41. The number of hydrogen-bond acceptors (Lipinski definition) is 2. The second-order valence-corrected chi connectivity index (χ2v) is 2.93. The predicted molar refractivity (Wildman–Crippen MR) is 50.4 cm³/mol. The van der Waals surface area contributed by atoms with E-state index in [2.05, 4.69) is 5.32 Å². The Morgan fingerprint density at radius 1 is 1.50 bits per heavy atom. The van der Waals surface area contributed by atoms with Crippen LogP contribution in [0.1, 0.15) is 11.1 Å².